The number of hydrogen-bond acceptors (Lipinski definition) is 6. The molecule has 0 bridgehead atoms. The van der Waals surface area contributed by atoms with E-state index in [0.717, 1.165) is 10.4 Å². The number of alkyl halides is 1. The highest BCUT2D eigenvalue weighted by atomic mass is 79.9. The highest BCUT2D eigenvalue weighted by molar-refractivity contribution is 9.10. The van der Waals surface area contributed by atoms with Crippen LogP contribution in [0.1, 0.15) is 44.6 Å². The van der Waals surface area contributed by atoms with Crippen molar-refractivity contribution < 1.29 is 26.2 Å². The van der Waals surface area contributed by atoms with E-state index in [0.29, 0.717) is 47.5 Å². The van der Waals surface area contributed by atoms with Gasteiger partial charge in [0.15, 0.2) is 5.06 Å². The normalized spacial score (nSPS) is 16.5. The molecule has 2 aromatic rings. The molecule has 0 saturated heterocycles. The predicted molar refractivity (Wildman–Crippen MR) is 108 cm³/mol. The van der Waals surface area contributed by atoms with Gasteiger partial charge in [0, 0.05) is 28.9 Å². The second kappa shape index (κ2) is 9.62. The van der Waals surface area contributed by atoms with Gasteiger partial charge in [-0.15, -0.1) is 11.3 Å². The van der Waals surface area contributed by atoms with Crippen molar-refractivity contribution in [3.8, 4) is 5.06 Å². The monoisotopic (exact) mass is 471 g/mol. The van der Waals surface area contributed by atoms with Crippen LogP contribution in [-0.2, 0) is 27.3 Å². The molecule has 1 atom stereocenters. The molecule has 0 radical (unpaired) electrons. The number of benzene rings is 1. The van der Waals surface area contributed by atoms with Crippen molar-refractivity contribution in [2.45, 2.75) is 38.8 Å². The number of carbonyl (C=O) groups excluding carboxylic acids is 2. The Morgan fingerprint density at radius 2 is 2.21 bits per heavy atom. The highest BCUT2D eigenvalue weighted by Crippen LogP contribution is 2.38. The minimum Gasteiger partial charge on any atom is -0.432 e. The molecule has 5 nitrogen and oxygen atoms in total. The predicted octanol–water partition coefficient (Wildman–Crippen LogP) is 4.79. The van der Waals surface area contributed by atoms with Gasteiger partial charge in [-0.3, -0.25) is 9.69 Å². The van der Waals surface area contributed by atoms with Crippen LogP contribution >= 0.6 is 27.3 Å². The number of carbonyl (C=O) groups is 2. The Balaban J connectivity index is 1.85. The fourth-order valence-corrected chi connectivity index (χ4v) is 4.76. The number of halogens is 2. The summed E-state index contributed by atoms with van der Waals surface area (Å²) in [6, 6.07) is 7.79. The van der Waals surface area contributed by atoms with E-state index in [1.165, 1.54) is 11.3 Å². The summed E-state index contributed by atoms with van der Waals surface area (Å²) in [4.78, 5) is 27.4. The Bertz CT molecular complexity index is 934. The number of rotatable bonds is 7. The molecule has 0 fully saturated rings. The van der Waals surface area contributed by atoms with Gasteiger partial charge in [0.2, 0.25) is 6.81 Å². The summed E-state index contributed by atoms with van der Waals surface area (Å²) in [7, 11) is 0. The van der Waals surface area contributed by atoms with E-state index < -0.39 is 18.8 Å². The van der Waals surface area contributed by atoms with Crippen molar-refractivity contribution in [3.63, 3.8) is 0 Å². The number of hydrogen-bond donors (Lipinski definition) is 0. The fraction of sp³-hybridized carbons (Fsp3) is 0.400. The van der Waals surface area contributed by atoms with E-state index in [2.05, 4.69) is 20.7 Å². The summed E-state index contributed by atoms with van der Waals surface area (Å²) in [5, 5.41) is 0.514. The first-order valence-electron chi connectivity index (χ1n) is 9.90. The van der Waals surface area contributed by atoms with Crippen LogP contribution in [0.4, 0.5) is 4.39 Å². The second-order valence-electron chi connectivity index (χ2n) is 6.38. The van der Waals surface area contributed by atoms with Crippen molar-refractivity contribution in [2.75, 3.05) is 13.4 Å². The maximum atomic E-state index is 13.4. The van der Waals surface area contributed by atoms with Crippen LogP contribution in [0.25, 0.3) is 0 Å². The molecular formula is C20H21BrFNO4S. The average Bonchev–Trinajstić information content (AvgIpc) is 3.03. The van der Waals surface area contributed by atoms with Crippen molar-refractivity contribution in [1.29, 1.82) is 0 Å². The third-order valence-electron chi connectivity index (χ3n) is 4.47. The molecule has 0 saturated carbocycles. The molecule has 0 spiro atoms. The molecule has 0 amide bonds. The van der Waals surface area contributed by atoms with Crippen LogP contribution in [0.15, 0.2) is 34.8 Å². The molecule has 1 aliphatic rings. The molecule has 0 N–H and O–H groups in total. The van der Waals surface area contributed by atoms with Crippen LogP contribution < -0.4 is 4.74 Å². The molecule has 8 heteroatoms. The summed E-state index contributed by atoms with van der Waals surface area (Å²) in [5.74, 6) is -1.30. The molecule has 28 heavy (non-hydrogen) atoms. The van der Waals surface area contributed by atoms with Crippen LogP contribution in [0.2, 0.25) is 0 Å². The standard InChI is InChI=1S/C20H21BrFNO4S/c1-2-5-17(24)27-18-10-13-11-23(9-8-16(13)28-18)19(20(25)26-12-22)14-6-3-4-7-15(14)21/h3-4,6-7,10,19H,2,5,8-9,11-12H2,1H3/t19-/m0/s1/i12D2. The highest BCUT2D eigenvalue weighted by Gasteiger charge is 2.33. The number of esters is 2. The molecule has 0 unspecified atom stereocenters. The molecule has 2 heterocycles. The Kier molecular flexibility index (Phi) is 6.28. The van der Waals surface area contributed by atoms with Gasteiger partial charge in [-0.05, 0) is 36.1 Å². The largest absolute Gasteiger partial charge is 0.432 e. The van der Waals surface area contributed by atoms with Crippen LogP contribution in [-0.4, -0.2) is 30.2 Å². The zero-order valence-electron chi connectivity index (χ0n) is 17.2. The number of nitrogens with zero attached hydrogens (tertiary/aromatic N) is 1. The Hall–Kier alpha value is -1.77. The van der Waals surface area contributed by atoms with E-state index in [1.807, 2.05) is 6.92 Å². The van der Waals surface area contributed by atoms with Gasteiger partial charge in [0.05, 0.1) is 0 Å². The summed E-state index contributed by atoms with van der Waals surface area (Å²) >= 11 is 4.82. The Morgan fingerprint density at radius 1 is 1.43 bits per heavy atom. The molecule has 0 aliphatic carbocycles. The van der Waals surface area contributed by atoms with Gasteiger partial charge >= 0.3 is 11.9 Å². The zero-order chi connectivity index (χ0) is 21.9. The minimum absolute atomic E-state index is 0.284. The Labute approximate surface area is 178 Å². The zero-order valence-corrected chi connectivity index (χ0v) is 17.6. The van der Waals surface area contributed by atoms with Gasteiger partial charge in [-0.1, -0.05) is 41.1 Å². The van der Waals surface area contributed by atoms with E-state index in [9.17, 15) is 14.0 Å². The van der Waals surface area contributed by atoms with E-state index in [1.54, 1.807) is 35.2 Å². The van der Waals surface area contributed by atoms with Crippen LogP contribution in [0.3, 0.4) is 0 Å². The summed E-state index contributed by atoms with van der Waals surface area (Å²) in [6.07, 6.45) is 1.66. The minimum atomic E-state index is -3.57. The maximum absolute atomic E-state index is 13.4. The summed E-state index contributed by atoms with van der Waals surface area (Å²) < 4.78 is 37.8. The van der Waals surface area contributed by atoms with E-state index >= 15 is 0 Å². The smallest absolute Gasteiger partial charge is 0.330 e. The van der Waals surface area contributed by atoms with Crippen molar-refractivity contribution in [1.82, 2.24) is 4.90 Å². The third kappa shape index (κ3) is 4.79. The van der Waals surface area contributed by atoms with Gasteiger partial charge in [-0.2, -0.15) is 0 Å². The second-order valence-corrected chi connectivity index (χ2v) is 8.33. The van der Waals surface area contributed by atoms with Crippen molar-refractivity contribution in [3.05, 3.63) is 50.8 Å². The molecule has 1 aliphatic heterocycles. The molecule has 3 rings (SSSR count). The number of thiophene rings is 1. The maximum Gasteiger partial charge on any atom is 0.330 e. The number of ether oxygens (including phenoxy) is 2. The molecule has 1 aromatic carbocycles. The lowest BCUT2D eigenvalue weighted by Crippen LogP contribution is -2.38. The summed E-state index contributed by atoms with van der Waals surface area (Å²) in [5.41, 5.74) is 1.47. The first kappa shape index (κ1) is 18.3. The number of fused-ring (bicyclic) bond motifs is 1. The molecule has 1 aromatic heterocycles. The van der Waals surface area contributed by atoms with Gasteiger partial charge < -0.3 is 9.47 Å². The lowest BCUT2D eigenvalue weighted by molar-refractivity contribution is -0.155. The van der Waals surface area contributed by atoms with Crippen LogP contribution in [0, 0.1) is 0 Å². The molecule has 150 valence electrons. The average molecular weight is 472 g/mol. The lowest BCUT2D eigenvalue weighted by atomic mass is 10.0. The van der Waals surface area contributed by atoms with Crippen molar-refractivity contribution >= 4 is 39.2 Å². The van der Waals surface area contributed by atoms with Gasteiger partial charge in [0.25, 0.3) is 0 Å². The Morgan fingerprint density at radius 3 is 2.93 bits per heavy atom. The van der Waals surface area contributed by atoms with E-state index in [-0.39, 0.29) is 5.97 Å². The first-order valence-corrected chi connectivity index (χ1v) is 10.5. The van der Waals surface area contributed by atoms with Crippen molar-refractivity contribution in [2.24, 2.45) is 0 Å². The molecular weight excluding hydrogens is 449 g/mol. The summed E-state index contributed by atoms with van der Waals surface area (Å²) in [6.45, 7) is -0.834. The topological polar surface area (TPSA) is 55.8 Å². The lowest BCUT2D eigenvalue weighted by Gasteiger charge is -2.33. The SMILES string of the molecule is [2H]C([2H])(F)OC(=O)[C@H](c1ccccc1Br)N1CCc2sc(OC(=O)CCC)cc2C1. The van der Waals surface area contributed by atoms with E-state index in [4.69, 9.17) is 7.48 Å². The van der Waals surface area contributed by atoms with Gasteiger partial charge in [0.1, 0.15) is 8.78 Å². The fourth-order valence-electron chi connectivity index (χ4n) is 3.23. The first-order chi connectivity index (χ1) is 14.2. The quantitative estimate of drug-likeness (QED) is 0.543. The van der Waals surface area contributed by atoms with Crippen LogP contribution in [0.5, 0.6) is 5.06 Å². The third-order valence-corrected chi connectivity index (χ3v) is 6.31. The van der Waals surface area contributed by atoms with Gasteiger partial charge in [-0.25, -0.2) is 9.18 Å².